The zero-order valence-electron chi connectivity index (χ0n) is 20.1. The molecule has 0 bridgehead atoms. The van der Waals surface area contributed by atoms with Gasteiger partial charge in [0.25, 0.3) is 11.5 Å². The molecule has 1 fully saturated rings. The van der Waals surface area contributed by atoms with Crippen molar-refractivity contribution in [1.29, 1.82) is 0 Å². The van der Waals surface area contributed by atoms with Crippen molar-refractivity contribution >= 4 is 24.4 Å². The minimum atomic E-state index is -3.53. The molecule has 0 unspecified atom stereocenters. The van der Waals surface area contributed by atoms with E-state index in [1.165, 1.54) is 27.8 Å². The average molecular weight is 519 g/mol. The van der Waals surface area contributed by atoms with Crippen molar-refractivity contribution < 1.29 is 27.6 Å². The lowest BCUT2D eigenvalue weighted by atomic mass is 10.2. The van der Waals surface area contributed by atoms with Crippen LogP contribution in [0.2, 0.25) is 0 Å². The fourth-order valence-corrected chi connectivity index (χ4v) is 6.42. The Bertz CT molecular complexity index is 1430. The van der Waals surface area contributed by atoms with E-state index < -0.39 is 42.5 Å². The molecule has 1 aliphatic rings. The van der Waals surface area contributed by atoms with Crippen molar-refractivity contribution in [3.05, 3.63) is 80.7 Å². The number of benzene rings is 2. The topological polar surface area (TPSA) is 109 Å². The SMILES string of the molecule is CCOP(=O)(OCC)[C@H]1C[C@@H](Cn2c(=O)n(C(=O)c3ccc(F)cc3)c(=O)c3ccccc32)ON1C. The molecule has 0 N–H and O–H groups in total. The van der Waals surface area contributed by atoms with Crippen molar-refractivity contribution in [2.24, 2.45) is 0 Å². The van der Waals surface area contributed by atoms with Crippen LogP contribution in [0.4, 0.5) is 4.39 Å². The minimum absolute atomic E-state index is 0.0105. The predicted molar refractivity (Wildman–Crippen MR) is 130 cm³/mol. The van der Waals surface area contributed by atoms with Crippen LogP contribution in [0.1, 0.15) is 30.6 Å². The van der Waals surface area contributed by atoms with Gasteiger partial charge in [-0.15, -0.1) is 0 Å². The maximum absolute atomic E-state index is 13.5. The van der Waals surface area contributed by atoms with Gasteiger partial charge in [-0.25, -0.2) is 9.18 Å². The summed E-state index contributed by atoms with van der Waals surface area (Å²) >= 11 is 0. The second-order valence-corrected chi connectivity index (χ2v) is 10.4. The number of para-hydroxylation sites is 1. The standard InChI is InChI=1S/C24H27FN3O7P/c1-4-33-36(32,34-5-2)21-14-18(35-26(21)3)15-27-20-9-7-6-8-19(20)23(30)28(24(27)31)22(29)16-10-12-17(25)13-11-16/h6-13,18,21H,4-5,14-15H2,1-3H3/t18-,21-/m0/s1. The number of fused-ring (bicyclic) bond motifs is 1. The molecule has 10 nitrogen and oxygen atoms in total. The van der Waals surface area contributed by atoms with Crippen molar-refractivity contribution in [2.75, 3.05) is 20.3 Å². The third kappa shape index (κ3) is 4.85. The fourth-order valence-electron chi connectivity index (χ4n) is 4.34. The van der Waals surface area contributed by atoms with E-state index in [4.69, 9.17) is 13.9 Å². The summed E-state index contributed by atoms with van der Waals surface area (Å²) in [6, 6.07) is 11.0. The van der Waals surface area contributed by atoms with Crippen LogP contribution in [0.15, 0.2) is 58.1 Å². The molecule has 0 saturated carbocycles. The molecule has 1 saturated heterocycles. The molecule has 0 spiro atoms. The van der Waals surface area contributed by atoms with Gasteiger partial charge in [0, 0.05) is 19.0 Å². The van der Waals surface area contributed by atoms with Gasteiger partial charge in [0.15, 0.2) is 0 Å². The number of hydrogen-bond donors (Lipinski definition) is 0. The van der Waals surface area contributed by atoms with Crippen molar-refractivity contribution in [2.45, 2.75) is 38.7 Å². The van der Waals surface area contributed by atoms with Gasteiger partial charge in [0.2, 0.25) is 0 Å². The molecular weight excluding hydrogens is 492 g/mol. The highest BCUT2D eigenvalue weighted by Crippen LogP contribution is 2.57. The summed E-state index contributed by atoms with van der Waals surface area (Å²) in [7, 11) is -1.92. The number of nitrogens with zero attached hydrogens (tertiary/aromatic N) is 3. The molecule has 4 rings (SSSR count). The van der Waals surface area contributed by atoms with Gasteiger partial charge in [-0.2, -0.15) is 9.63 Å². The highest BCUT2D eigenvalue weighted by Gasteiger charge is 2.46. The summed E-state index contributed by atoms with van der Waals surface area (Å²) < 4.78 is 39.4. The molecule has 0 amide bonds. The van der Waals surface area contributed by atoms with E-state index in [1.807, 2.05) is 0 Å². The van der Waals surface area contributed by atoms with Gasteiger partial charge in [-0.1, -0.05) is 12.1 Å². The van der Waals surface area contributed by atoms with Crippen LogP contribution in [0, 0.1) is 5.82 Å². The molecule has 0 aliphatic carbocycles. The molecule has 2 atom stereocenters. The first-order valence-corrected chi connectivity index (χ1v) is 13.1. The van der Waals surface area contributed by atoms with Gasteiger partial charge < -0.3 is 9.05 Å². The van der Waals surface area contributed by atoms with Crippen LogP contribution in [0.3, 0.4) is 0 Å². The summed E-state index contributed by atoms with van der Waals surface area (Å²) in [5, 5.41) is 1.56. The number of hydroxylamine groups is 2. The molecule has 3 aromatic rings. The van der Waals surface area contributed by atoms with Crippen molar-refractivity contribution in [3.63, 3.8) is 0 Å². The summed E-state index contributed by atoms with van der Waals surface area (Å²) in [4.78, 5) is 45.6. The van der Waals surface area contributed by atoms with Crippen molar-refractivity contribution in [3.8, 4) is 0 Å². The Labute approximate surface area is 206 Å². The molecule has 0 radical (unpaired) electrons. The Morgan fingerprint density at radius 3 is 2.36 bits per heavy atom. The number of halogens is 1. The van der Waals surface area contributed by atoms with Gasteiger partial charge in [0.1, 0.15) is 11.6 Å². The lowest BCUT2D eigenvalue weighted by molar-refractivity contribution is -0.138. The lowest BCUT2D eigenvalue weighted by Crippen LogP contribution is -2.45. The van der Waals surface area contributed by atoms with Gasteiger partial charge >= 0.3 is 13.3 Å². The number of rotatable bonds is 8. The Kier molecular flexibility index (Phi) is 7.67. The molecule has 2 heterocycles. The van der Waals surface area contributed by atoms with E-state index in [0.717, 1.165) is 12.1 Å². The number of hydrogen-bond acceptors (Lipinski definition) is 8. The Morgan fingerprint density at radius 2 is 1.72 bits per heavy atom. The Morgan fingerprint density at radius 1 is 1.08 bits per heavy atom. The first-order chi connectivity index (χ1) is 17.2. The normalized spacial score (nSPS) is 18.7. The minimum Gasteiger partial charge on any atom is -0.308 e. The van der Waals surface area contributed by atoms with E-state index in [0.29, 0.717) is 10.1 Å². The maximum atomic E-state index is 13.5. The van der Waals surface area contributed by atoms with Gasteiger partial charge in [-0.3, -0.25) is 23.6 Å². The second kappa shape index (κ2) is 10.6. The summed E-state index contributed by atoms with van der Waals surface area (Å²) in [5.74, 6) is -2.12. The smallest absolute Gasteiger partial charge is 0.308 e. The molecule has 1 aromatic heterocycles. The van der Waals surface area contributed by atoms with Crippen molar-refractivity contribution in [1.82, 2.24) is 14.2 Å². The Hall–Kier alpha value is -2.95. The number of carbonyl (C=O) groups excluding carboxylic acids is 1. The van der Waals surface area contributed by atoms with E-state index in [9.17, 15) is 23.3 Å². The summed E-state index contributed by atoms with van der Waals surface area (Å²) in [6.45, 7) is 3.77. The molecule has 1 aliphatic heterocycles. The molecular formula is C24H27FN3O7P. The third-order valence-electron chi connectivity index (χ3n) is 5.92. The van der Waals surface area contributed by atoms with Gasteiger partial charge in [-0.05, 0) is 50.2 Å². The summed E-state index contributed by atoms with van der Waals surface area (Å²) in [5.41, 5.74) is -1.33. The van der Waals surface area contributed by atoms with Gasteiger partial charge in [0.05, 0.1) is 36.8 Å². The Balaban J connectivity index is 1.75. The predicted octanol–water partition coefficient (Wildman–Crippen LogP) is 3.22. The highest BCUT2D eigenvalue weighted by molar-refractivity contribution is 7.54. The number of carbonyl (C=O) groups is 1. The van der Waals surface area contributed by atoms with E-state index in [-0.39, 0.29) is 37.1 Å². The molecule has 2 aromatic carbocycles. The quantitative estimate of drug-likeness (QED) is 0.418. The lowest BCUT2D eigenvalue weighted by Gasteiger charge is -2.25. The molecule has 12 heteroatoms. The molecule has 192 valence electrons. The summed E-state index contributed by atoms with van der Waals surface area (Å²) in [6.07, 6.45) is -0.401. The van der Waals surface area contributed by atoms with E-state index in [1.54, 1.807) is 39.1 Å². The second-order valence-electron chi connectivity index (χ2n) is 8.23. The first-order valence-electron chi connectivity index (χ1n) is 11.5. The van der Waals surface area contributed by atoms with Crippen LogP contribution < -0.4 is 11.2 Å². The van der Waals surface area contributed by atoms with E-state index >= 15 is 0 Å². The van der Waals surface area contributed by atoms with Crippen LogP contribution in [-0.4, -0.2) is 52.3 Å². The fraction of sp³-hybridized carbons (Fsp3) is 0.375. The average Bonchev–Trinajstić information content (AvgIpc) is 3.23. The highest BCUT2D eigenvalue weighted by atomic mass is 31.2. The van der Waals surface area contributed by atoms with Crippen LogP contribution in [0.5, 0.6) is 0 Å². The van der Waals surface area contributed by atoms with Crippen LogP contribution >= 0.6 is 7.60 Å². The third-order valence-corrected chi connectivity index (χ3v) is 8.43. The zero-order valence-corrected chi connectivity index (χ0v) is 21.0. The monoisotopic (exact) mass is 519 g/mol. The first kappa shape index (κ1) is 26.1. The van der Waals surface area contributed by atoms with Crippen LogP contribution in [0.25, 0.3) is 10.9 Å². The zero-order chi connectivity index (χ0) is 26.0. The van der Waals surface area contributed by atoms with Crippen LogP contribution in [-0.2, 0) is 25.0 Å². The number of aromatic nitrogens is 2. The van der Waals surface area contributed by atoms with E-state index in [2.05, 4.69) is 0 Å². The largest absolute Gasteiger partial charge is 0.350 e. The molecule has 36 heavy (non-hydrogen) atoms. The maximum Gasteiger partial charge on any atom is 0.350 e.